The second-order valence-electron chi connectivity index (χ2n) is 6.66. The van der Waals surface area contributed by atoms with Crippen LogP contribution < -0.4 is 0 Å². The fourth-order valence-corrected chi connectivity index (χ4v) is 4.14. The molecule has 0 spiro atoms. The summed E-state index contributed by atoms with van der Waals surface area (Å²) >= 11 is 0. The third-order valence-corrected chi connectivity index (χ3v) is 5.32. The summed E-state index contributed by atoms with van der Waals surface area (Å²) in [6.07, 6.45) is 3.07. The molecule has 0 bridgehead atoms. The number of aromatic nitrogens is 2. The van der Waals surface area contributed by atoms with E-state index in [2.05, 4.69) is 22.1 Å². The van der Waals surface area contributed by atoms with E-state index in [0.717, 1.165) is 16.2 Å². The molecule has 0 radical (unpaired) electrons. The van der Waals surface area contributed by atoms with E-state index in [4.69, 9.17) is 0 Å². The van der Waals surface area contributed by atoms with Gasteiger partial charge in [-0.3, -0.25) is 9.97 Å². The van der Waals surface area contributed by atoms with Crippen LogP contribution in [0.4, 0.5) is 0 Å². The molecule has 0 amide bonds. The van der Waals surface area contributed by atoms with Crippen LogP contribution in [-0.2, 0) is 0 Å². The van der Waals surface area contributed by atoms with E-state index < -0.39 is 0 Å². The average molecular weight is 380 g/mol. The van der Waals surface area contributed by atoms with Crippen LogP contribution in [0.1, 0.15) is 22.3 Å². The summed E-state index contributed by atoms with van der Waals surface area (Å²) < 4.78 is 0. The van der Waals surface area contributed by atoms with E-state index in [1.165, 1.54) is 6.20 Å². The Balaban J connectivity index is 2.34. The number of rotatable bonds is 0. The highest BCUT2D eigenvalue weighted by atomic mass is 14.8. The van der Waals surface area contributed by atoms with Crippen molar-refractivity contribution in [1.29, 1.82) is 21.0 Å². The predicted molar refractivity (Wildman–Crippen MR) is 111 cm³/mol. The molecule has 1 heterocycles. The zero-order valence-corrected chi connectivity index (χ0v) is 15.3. The molecule has 0 atom stereocenters. The molecule has 6 heteroatoms. The maximum atomic E-state index is 10.0. The van der Waals surface area contributed by atoms with Crippen LogP contribution in [0.15, 0.2) is 48.8 Å². The summed E-state index contributed by atoms with van der Waals surface area (Å²) in [5.41, 5.74) is 0.876. The Morgan fingerprint density at radius 3 is 1.80 bits per heavy atom. The Hall–Kier alpha value is -5.04. The summed E-state index contributed by atoms with van der Waals surface area (Å²) in [5, 5.41) is 43.5. The van der Waals surface area contributed by atoms with Gasteiger partial charge >= 0.3 is 0 Å². The van der Waals surface area contributed by atoms with Gasteiger partial charge in [0.1, 0.15) is 24.3 Å². The zero-order chi connectivity index (χ0) is 20.8. The van der Waals surface area contributed by atoms with Crippen LogP contribution in [0.5, 0.6) is 0 Å². The fraction of sp³-hybridized carbons (Fsp3) is 0. The summed E-state index contributed by atoms with van der Waals surface area (Å²) in [7, 11) is 0. The van der Waals surface area contributed by atoms with Crippen molar-refractivity contribution < 1.29 is 0 Å². The number of fused-ring (bicyclic) bond motifs is 8. The number of hydrogen-bond acceptors (Lipinski definition) is 6. The first-order chi connectivity index (χ1) is 14.7. The van der Waals surface area contributed by atoms with Crippen molar-refractivity contribution in [2.24, 2.45) is 0 Å². The summed E-state index contributed by atoms with van der Waals surface area (Å²) in [6, 6.07) is 19.6. The van der Waals surface area contributed by atoms with Gasteiger partial charge in [-0.15, -0.1) is 0 Å². The van der Waals surface area contributed by atoms with Crippen molar-refractivity contribution in [3.63, 3.8) is 0 Å². The quantitative estimate of drug-likeness (QED) is 0.363. The van der Waals surface area contributed by atoms with E-state index in [9.17, 15) is 21.0 Å². The fourth-order valence-electron chi connectivity index (χ4n) is 4.14. The second kappa shape index (κ2) is 6.25. The smallest absolute Gasteiger partial charge is 0.102 e. The molecule has 0 N–H and O–H groups in total. The van der Waals surface area contributed by atoms with Crippen LogP contribution in [0.25, 0.3) is 43.4 Å². The van der Waals surface area contributed by atoms with Crippen LogP contribution in [-0.4, -0.2) is 9.97 Å². The topological polar surface area (TPSA) is 121 Å². The molecule has 5 rings (SSSR count). The molecule has 0 aliphatic heterocycles. The maximum absolute atomic E-state index is 10.0. The van der Waals surface area contributed by atoms with Gasteiger partial charge in [0.05, 0.1) is 33.3 Å². The Morgan fingerprint density at radius 1 is 0.533 bits per heavy atom. The minimum atomic E-state index is -0.115. The van der Waals surface area contributed by atoms with Gasteiger partial charge in [-0.05, 0) is 10.8 Å². The van der Waals surface area contributed by atoms with Gasteiger partial charge in [0.15, 0.2) is 0 Å². The largest absolute Gasteiger partial charge is 0.252 e. The Labute approximate surface area is 170 Å². The summed E-state index contributed by atoms with van der Waals surface area (Å²) in [5.74, 6) is 0. The van der Waals surface area contributed by atoms with Gasteiger partial charge < -0.3 is 0 Å². The highest BCUT2D eigenvalue weighted by molar-refractivity contribution is 6.32. The molecular formula is C24H8N6. The van der Waals surface area contributed by atoms with Crippen molar-refractivity contribution in [3.05, 3.63) is 71.0 Å². The lowest BCUT2D eigenvalue weighted by Gasteiger charge is -2.15. The van der Waals surface area contributed by atoms with E-state index in [0.29, 0.717) is 27.2 Å². The molecule has 0 aliphatic rings. The lowest BCUT2D eigenvalue weighted by Crippen LogP contribution is -2.01. The van der Waals surface area contributed by atoms with Crippen LogP contribution >= 0.6 is 0 Å². The molecule has 5 aromatic rings. The summed E-state index contributed by atoms with van der Waals surface area (Å²) in [6.45, 7) is 0. The normalized spacial score (nSPS) is 10.5. The van der Waals surface area contributed by atoms with Crippen LogP contribution in [0, 0.1) is 45.3 Å². The number of nitrogens with zero attached hydrogens (tertiary/aromatic N) is 6. The Kier molecular flexibility index (Phi) is 3.56. The van der Waals surface area contributed by atoms with E-state index in [1.807, 2.05) is 48.5 Å². The molecule has 0 aliphatic carbocycles. The van der Waals surface area contributed by atoms with Crippen molar-refractivity contribution >= 4 is 43.4 Å². The first kappa shape index (κ1) is 17.1. The second-order valence-corrected chi connectivity index (χ2v) is 6.66. The predicted octanol–water partition coefficient (Wildman–Crippen LogP) is 4.58. The lowest BCUT2D eigenvalue weighted by atomic mass is 9.85. The Bertz CT molecular complexity index is 1730. The highest BCUT2D eigenvalue weighted by Crippen LogP contribution is 2.42. The van der Waals surface area contributed by atoms with Crippen LogP contribution in [0.3, 0.4) is 0 Å². The lowest BCUT2D eigenvalue weighted by molar-refractivity contribution is 1.31. The van der Waals surface area contributed by atoms with Crippen molar-refractivity contribution in [2.45, 2.75) is 0 Å². The van der Waals surface area contributed by atoms with Gasteiger partial charge in [-0.1, -0.05) is 36.4 Å². The standard InChI is InChI=1S/C24H8N6/c25-9-16-17(10-26)19(12-28)22-21(18(16)11-27)20-14-4-2-1-3-13(14)5-6-15(20)23-24(22)30-8-7-29-23/h1-8H. The molecule has 1 aromatic heterocycles. The van der Waals surface area contributed by atoms with Gasteiger partial charge in [0, 0.05) is 33.9 Å². The molecule has 30 heavy (non-hydrogen) atoms. The minimum Gasteiger partial charge on any atom is -0.252 e. The van der Waals surface area contributed by atoms with Crippen molar-refractivity contribution in [2.75, 3.05) is 0 Å². The molecule has 0 saturated carbocycles. The maximum Gasteiger partial charge on any atom is 0.102 e. The molecule has 6 nitrogen and oxygen atoms in total. The first-order valence-electron chi connectivity index (χ1n) is 8.93. The van der Waals surface area contributed by atoms with Crippen LogP contribution in [0.2, 0.25) is 0 Å². The molecule has 4 aromatic carbocycles. The van der Waals surface area contributed by atoms with E-state index >= 15 is 0 Å². The minimum absolute atomic E-state index is 0.0309. The molecule has 0 unspecified atom stereocenters. The van der Waals surface area contributed by atoms with Crippen molar-refractivity contribution in [1.82, 2.24) is 9.97 Å². The highest BCUT2D eigenvalue weighted by Gasteiger charge is 2.25. The monoisotopic (exact) mass is 380 g/mol. The summed E-state index contributed by atoms with van der Waals surface area (Å²) in [4.78, 5) is 8.93. The number of hydrogen-bond donors (Lipinski definition) is 0. The van der Waals surface area contributed by atoms with E-state index in [-0.39, 0.29) is 22.3 Å². The molecule has 0 fully saturated rings. The average Bonchev–Trinajstić information content (AvgIpc) is 2.81. The van der Waals surface area contributed by atoms with Gasteiger partial charge in [-0.2, -0.15) is 21.0 Å². The number of nitriles is 4. The zero-order valence-electron chi connectivity index (χ0n) is 15.3. The Morgan fingerprint density at radius 2 is 1.13 bits per heavy atom. The van der Waals surface area contributed by atoms with E-state index in [1.54, 1.807) is 6.20 Å². The van der Waals surface area contributed by atoms with Gasteiger partial charge in [0.25, 0.3) is 0 Å². The van der Waals surface area contributed by atoms with Crippen molar-refractivity contribution in [3.8, 4) is 24.3 Å². The van der Waals surface area contributed by atoms with Gasteiger partial charge in [-0.25, -0.2) is 0 Å². The van der Waals surface area contributed by atoms with Gasteiger partial charge in [0.2, 0.25) is 0 Å². The number of benzene rings is 4. The third kappa shape index (κ3) is 2.02. The molecule has 134 valence electrons. The molecule has 0 saturated heterocycles. The molecular weight excluding hydrogens is 372 g/mol. The first-order valence-corrected chi connectivity index (χ1v) is 8.93. The third-order valence-electron chi connectivity index (χ3n) is 5.32. The SMILES string of the molecule is N#Cc1c(C#N)c(C#N)c2c(c1C#N)c1nccnc1c1ccc3ccccc3c12.